The number of rotatable bonds is 5. The second-order valence-electron chi connectivity index (χ2n) is 10.9. The van der Waals surface area contributed by atoms with Crippen LogP contribution in [0.4, 0.5) is 17.1 Å². The summed E-state index contributed by atoms with van der Waals surface area (Å²) in [4.78, 5) is 2.55. The minimum Gasteiger partial charge on any atom is -0.308 e. The van der Waals surface area contributed by atoms with Crippen LogP contribution < -0.4 is 26.1 Å². The van der Waals surface area contributed by atoms with E-state index in [1.165, 1.54) is 55.0 Å². The Labute approximate surface area is 228 Å². The summed E-state index contributed by atoms with van der Waals surface area (Å²) in [6, 6.07) is 16.9. The van der Waals surface area contributed by atoms with Crippen LogP contribution in [0.15, 0.2) is 48.5 Å². The predicted octanol–water partition coefficient (Wildman–Crippen LogP) is 7.09. The smallest absolute Gasteiger partial charge is 0.0751 e. The lowest BCUT2D eigenvalue weighted by atomic mass is 10.00. The Balaban J connectivity index is 1.98. The minimum atomic E-state index is -2.23. The van der Waals surface area contributed by atoms with E-state index in [0.717, 1.165) is 13.1 Å². The van der Waals surface area contributed by atoms with Gasteiger partial charge in [-0.15, -0.1) is 0 Å². The average molecular weight is 553 g/mol. The van der Waals surface area contributed by atoms with Crippen LogP contribution in [0.2, 0.25) is 0 Å². The lowest BCUT2D eigenvalue weighted by molar-refractivity contribution is 0.513. The molecule has 0 bridgehead atoms. The first kappa shape index (κ1) is 26.3. The Bertz CT molecular complexity index is 1470. The molecule has 2 nitrogen and oxygen atoms in total. The zero-order valence-electron chi connectivity index (χ0n) is 22.8. The van der Waals surface area contributed by atoms with Gasteiger partial charge in [-0.25, -0.2) is 0 Å². The molecule has 0 amide bonds. The molecule has 3 aromatic carbocycles. The van der Waals surface area contributed by atoms with E-state index in [-0.39, 0.29) is 0 Å². The third-order valence-corrected chi connectivity index (χ3v) is 17.0. The summed E-state index contributed by atoms with van der Waals surface area (Å²) in [5.41, 5.74) is 7.82. The highest BCUT2D eigenvalue weighted by Crippen LogP contribution is 2.62. The fourth-order valence-electron chi connectivity index (χ4n) is 5.86. The Morgan fingerprint density at radius 1 is 0.750 bits per heavy atom. The maximum atomic E-state index is 6.87. The van der Waals surface area contributed by atoms with Crippen LogP contribution in [-0.4, -0.2) is 24.4 Å². The summed E-state index contributed by atoms with van der Waals surface area (Å²) in [5, 5.41) is 5.31. The minimum absolute atomic E-state index is 0.448. The van der Waals surface area contributed by atoms with Crippen LogP contribution in [0.3, 0.4) is 0 Å². The molecule has 0 spiro atoms. The van der Waals surface area contributed by atoms with Crippen LogP contribution in [0, 0.1) is 6.92 Å². The number of fused-ring (bicyclic) bond motifs is 4. The fourth-order valence-corrected chi connectivity index (χ4v) is 14.0. The lowest BCUT2D eigenvalue weighted by Gasteiger charge is -2.49. The van der Waals surface area contributed by atoms with Crippen molar-refractivity contribution >= 4 is 74.1 Å². The van der Waals surface area contributed by atoms with Crippen LogP contribution in [-0.2, 0) is 23.6 Å². The average Bonchev–Trinajstić information content (AvgIpc) is 2.83. The third-order valence-electron chi connectivity index (χ3n) is 7.95. The van der Waals surface area contributed by atoms with E-state index in [1.54, 1.807) is 0 Å². The van der Waals surface area contributed by atoms with Crippen molar-refractivity contribution in [1.29, 1.82) is 0 Å². The van der Waals surface area contributed by atoms with Crippen molar-refractivity contribution in [3.05, 3.63) is 65.2 Å². The molecule has 0 saturated carbocycles. The first-order valence-corrected chi connectivity index (χ1v) is 19.1. The Morgan fingerprint density at radius 3 is 1.78 bits per heavy atom. The van der Waals surface area contributed by atoms with Crippen molar-refractivity contribution in [2.45, 2.75) is 60.3 Å². The second-order valence-corrected chi connectivity index (χ2v) is 20.2. The van der Waals surface area contributed by atoms with Gasteiger partial charge in [-0.2, -0.15) is 0 Å². The van der Waals surface area contributed by atoms with E-state index in [2.05, 4.69) is 113 Å². The maximum Gasteiger partial charge on any atom is 0.0751 e. The van der Waals surface area contributed by atoms with Crippen molar-refractivity contribution < 1.29 is 0 Å². The van der Waals surface area contributed by atoms with Gasteiger partial charge in [-0.05, 0) is 72.4 Å². The zero-order chi connectivity index (χ0) is 26.2. The van der Waals surface area contributed by atoms with Crippen molar-refractivity contribution in [1.82, 2.24) is 4.67 Å². The highest BCUT2D eigenvalue weighted by Gasteiger charge is 2.45. The lowest BCUT2D eigenvalue weighted by Crippen LogP contribution is -2.46. The normalized spacial score (nSPS) is 22.1. The van der Waals surface area contributed by atoms with Gasteiger partial charge >= 0.3 is 0 Å². The molecule has 2 aliphatic heterocycles. The van der Waals surface area contributed by atoms with Gasteiger partial charge in [0.25, 0.3) is 0 Å². The Hall–Kier alpha value is -1.28. The molecule has 2 unspecified atom stereocenters. The fraction of sp³-hybridized carbons (Fsp3) is 0.400. The summed E-state index contributed by atoms with van der Waals surface area (Å²) in [6.45, 7) is 20.0. The molecule has 0 radical (unpaired) electrons. The highest BCUT2D eigenvalue weighted by atomic mass is 32.4. The van der Waals surface area contributed by atoms with E-state index in [0.29, 0.717) is 11.8 Å². The van der Waals surface area contributed by atoms with E-state index >= 15 is 0 Å². The molecule has 5 rings (SSSR count). The quantitative estimate of drug-likeness (QED) is 0.312. The SMILES string of the molecule is CCN(CC)P1(=S)c2ccc(C(C)C)cc2N2c3cc(C(C)C)ccc3P(C)(=S)c3cc(C)cc1c32. The molecule has 0 saturated heterocycles. The number of aryl methyl sites for hydroxylation is 1. The van der Waals surface area contributed by atoms with Gasteiger partial charge in [-0.3, -0.25) is 4.67 Å². The van der Waals surface area contributed by atoms with Crippen molar-refractivity contribution in [2.75, 3.05) is 24.7 Å². The Kier molecular flexibility index (Phi) is 6.71. The van der Waals surface area contributed by atoms with E-state index in [1.807, 2.05) is 0 Å². The number of nitrogens with zero attached hydrogens (tertiary/aromatic N) is 2. The van der Waals surface area contributed by atoms with Crippen LogP contribution in [0.25, 0.3) is 0 Å². The number of benzene rings is 3. The largest absolute Gasteiger partial charge is 0.308 e. The van der Waals surface area contributed by atoms with Gasteiger partial charge in [0.2, 0.25) is 0 Å². The van der Waals surface area contributed by atoms with Gasteiger partial charge in [-0.1, -0.05) is 83.4 Å². The molecule has 36 heavy (non-hydrogen) atoms. The molecule has 2 atom stereocenters. The molecule has 0 fully saturated rings. The van der Waals surface area contributed by atoms with Crippen LogP contribution >= 0.6 is 12.2 Å². The van der Waals surface area contributed by atoms with Crippen LogP contribution in [0.1, 0.15) is 70.1 Å². The van der Waals surface area contributed by atoms with Gasteiger partial charge in [0, 0.05) is 40.3 Å². The van der Waals surface area contributed by atoms with Gasteiger partial charge < -0.3 is 4.90 Å². The number of hydrogen-bond donors (Lipinski definition) is 0. The topological polar surface area (TPSA) is 6.48 Å². The van der Waals surface area contributed by atoms with E-state index < -0.39 is 12.2 Å². The second kappa shape index (κ2) is 9.18. The zero-order valence-corrected chi connectivity index (χ0v) is 26.2. The number of anilines is 3. The van der Waals surface area contributed by atoms with Crippen molar-refractivity contribution in [2.24, 2.45) is 0 Å². The highest BCUT2D eigenvalue weighted by molar-refractivity contribution is 8.22. The Morgan fingerprint density at radius 2 is 1.25 bits per heavy atom. The molecule has 6 heteroatoms. The molecule has 190 valence electrons. The van der Waals surface area contributed by atoms with Gasteiger partial charge in [0.1, 0.15) is 0 Å². The predicted molar refractivity (Wildman–Crippen MR) is 170 cm³/mol. The van der Waals surface area contributed by atoms with Crippen LogP contribution in [0.5, 0.6) is 0 Å². The summed E-state index contributed by atoms with van der Waals surface area (Å²) >= 11 is 13.4. The summed E-state index contributed by atoms with van der Waals surface area (Å²) in [5.74, 6) is 0.903. The van der Waals surface area contributed by atoms with E-state index in [4.69, 9.17) is 23.6 Å². The third kappa shape index (κ3) is 3.67. The standard InChI is InChI=1S/C30H38N2P2S2/c1-9-31(10-2)34(36)27-14-12-23(20(5)6)18-25(27)32-24-17-22(19(3)4)11-13-26(24)33(8,35)28-15-21(7)16-29(34)30(28)32/h11-20H,9-10H2,1-8H3. The molecule has 0 aromatic heterocycles. The maximum absolute atomic E-state index is 6.87. The first-order valence-electron chi connectivity index (χ1n) is 13.1. The molecular weight excluding hydrogens is 514 g/mol. The summed E-state index contributed by atoms with van der Waals surface area (Å²) < 4.78 is 2.56. The summed E-state index contributed by atoms with van der Waals surface area (Å²) in [7, 11) is 0. The molecule has 2 aliphatic rings. The molecule has 0 N–H and O–H groups in total. The molecular formula is C30H38N2P2S2. The van der Waals surface area contributed by atoms with Crippen molar-refractivity contribution in [3.8, 4) is 0 Å². The molecule has 2 heterocycles. The molecule has 0 aliphatic carbocycles. The molecule has 3 aromatic rings. The first-order chi connectivity index (χ1) is 17.0. The summed E-state index contributed by atoms with van der Waals surface area (Å²) in [6.07, 6.45) is -2.23. The van der Waals surface area contributed by atoms with Gasteiger partial charge in [0.05, 0.1) is 23.3 Å². The number of hydrogen-bond acceptors (Lipinski definition) is 3. The monoisotopic (exact) mass is 552 g/mol. The van der Waals surface area contributed by atoms with Crippen molar-refractivity contribution in [3.63, 3.8) is 0 Å². The van der Waals surface area contributed by atoms with Gasteiger partial charge in [0.15, 0.2) is 0 Å². The van der Waals surface area contributed by atoms with E-state index in [9.17, 15) is 0 Å².